The molecule has 0 radical (unpaired) electrons. The van der Waals surface area contributed by atoms with Gasteiger partial charge in [-0.05, 0) is 0 Å². The third-order valence-corrected chi connectivity index (χ3v) is 1.52. The van der Waals surface area contributed by atoms with Gasteiger partial charge in [-0.25, -0.2) is 9.59 Å². The minimum Gasteiger partial charge on any atom is -0.479 e. The highest BCUT2D eigenvalue weighted by molar-refractivity contribution is 5.96. The molecule has 1 aliphatic rings. The number of ether oxygens (including phenoxy) is 3. The molecule has 7 heteroatoms. The second-order valence-corrected chi connectivity index (χ2v) is 2.57. The van der Waals surface area contributed by atoms with Crippen molar-refractivity contribution in [3.05, 3.63) is 0 Å². The Morgan fingerprint density at radius 1 is 1.29 bits per heavy atom. The highest BCUT2D eigenvalue weighted by atomic mass is 16.7. The third kappa shape index (κ3) is 2.95. The molecule has 0 amide bonds. The van der Waals surface area contributed by atoms with Gasteiger partial charge >= 0.3 is 11.9 Å². The summed E-state index contributed by atoms with van der Waals surface area (Å²) in [4.78, 5) is 20.8. The Morgan fingerprint density at radius 2 is 1.93 bits per heavy atom. The molecule has 0 aromatic heterocycles. The van der Waals surface area contributed by atoms with Crippen molar-refractivity contribution in [3.63, 3.8) is 0 Å². The summed E-state index contributed by atoms with van der Waals surface area (Å²) in [6, 6.07) is 0. The molecule has 80 valence electrons. The van der Waals surface area contributed by atoms with Crippen molar-refractivity contribution in [1.82, 2.24) is 0 Å². The smallest absolute Gasteiger partial charge is 0.344 e. The lowest BCUT2D eigenvalue weighted by Crippen LogP contribution is -2.41. The molecule has 1 saturated heterocycles. The van der Waals surface area contributed by atoms with E-state index in [4.69, 9.17) is 19.7 Å². The van der Waals surface area contributed by atoms with Gasteiger partial charge in [0.05, 0.1) is 19.8 Å². The van der Waals surface area contributed by atoms with E-state index in [1.807, 2.05) is 0 Å². The van der Waals surface area contributed by atoms with E-state index in [1.165, 1.54) is 0 Å². The van der Waals surface area contributed by atoms with E-state index in [1.54, 1.807) is 0 Å². The summed E-state index contributed by atoms with van der Waals surface area (Å²) in [6.07, 6.45) is -2.84. The molecule has 0 aliphatic carbocycles. The van der Waals surface area contributed by atoms with Gasteiger partial charge in [-0.3, -0.25) is 0 Å². The van der Waals surface area contributed by atoms with Gasteiger partial charge in [-0.2, -0.15) is 0 Å². The average Bonchev–Trinajstić information content (AvgIpc) is 2.15. The molecule has 1 heterocycles. The zero-order valence-corrected chi connectivity index (χ0v) is 7.21. The van der Waals surface area contributed by atoms with E-state index >= 15 is 0 Å². The van der Waals surface area contributed by atoms with Crippen LogP contribution in [0.2, 0.25) is 0 Å². The lowest BCUT2D eigenvalue weighted by Gasteiger charge is -2.24. The van der Waals surface area contributed by atoms with Crippen LogP contribution in [-0.4, -0.2) is 54.4 Å². The average molecular weight is 206 g/mol. The summed E-state index contributed by atoms with van der Waals surface area (Å²) in [7, 11) is 0. The monoisotopic (exact) mass is 206 g/mol. The van der Waals surface area contributed by atoms with Crippen LogP contribution in [0.25, 0.3) is 0 Å². The maximum Gasteiger partial charge on any atom is 0.344 e. The van der Waals surface area contributed by atoms with E-state index in [-0.39, 0.29) is 13.2 Å². The molecule has 0 aromatic carbocycles. The first-order chi connectivity index (χ1) is 6.61. The molecular weight excluding hydrogens is 196 g/mol. The van der Waals surface area contributed by atoms with E-state index in [9.17, 15) is 9.59 Å². The molecule has 7 nitrogen and oxygen atoms in total. The zero-order chi connectivity index (χ0) is 10.6. The normalized spacial score (nSPS) is 22.2. The quantitative estimate of drug-likeness (QED) is 0.563. The topological polar surface area (TPSA) is 102 Å². The van der Waals surface area contributed by atoms with E-state index in [0.29, 0.717) is 6.61 Å². The summed E-state index contributed by atoms with van der Waals surface area (Å²) < 4.78 is 14.5. The van der Waals surface area contributed by atoms with Crippen molar-refractivity contribution in [3.8, 4) is 0 Å². The SMILES string of the molecule is O=C(O)C(OC1COCCO1)C(=O)O. The third-order valence-electron chi connectivity index (χ3n) is 1.52. The van der Waals surface area contributed by atoms with Crippen LogP contribution < -0.4 is 0 Å². The summed E-state index contributed by atoms with van der Waals surface area (Å²) in [5.41, 5.74) is 0. The fourth-order valence-electron chi connectivity index (χ4n) is 0.919. The molecule has 1 fully saturated rings. The maximum absolute atomic E-state index is 10.4. The second kappa shape index (κ2) is 4.89. The van der Waals surface area contributed by atoms with Crippen LogP contribution in [0.15, 0.2) is 0 Å². The Balaban J connectivity index is 2.45. The van der Waals surface area contributed by atoms with Gasteiger partial charge in [0.2, 0.25) is 0 Å². The highest BCUT2D eigenvalue weighted by Gasteiger charge is 2.31. The summed E-state index contributed by atoms with van der Waals surface area (Å²) >= 11 is 0. The van der Waals surface area contributed by atoms with E-state index < -0.39 is 24.3 Å². The molecule has 1 atom stereocenters. The van der Waals surface area contributed by atoms with Crippen molar-refractivity contribution in [1.29, 1.82) is 0 Å². The van der Waals surface area contributed by atoms with Gasteiger partial charge in [-0.1, -0.05) is 0 Å². The van der Waals surface area contributed by atoms with Crippen LogP contribution in [0.3, 0.4) is 0 Å². The van der Waals surface area contributed by atoms with Crippen LogP contribution in [0.5, 0.6) is 0 Å². The van der Waals surface area contributed by atoms with Crippen LogP contribution in [0, 0.1) is 0 Å². The van der Waals surface area contributed by atoms with Crippen molar-refractivity contribution in [2.45, 2.75) is 12.4 Å². The molecule has 1 rings (SSSR count). The Kier molecular flexibility index (Phi) is 3.81. The van der Waals surface area contributed by atoms with Gasteiger partial charge in [0.15, 0.2) is 6.29 Å². The first kappa shape index (κ1) is 10.9. The highest BCUT2D eigenvalue weighted by Crippen LogP contribution is 2.06. The van der Waals surface area contributed by atoms with Crippen LogP contribution in [0.1, 0.15) is 0 Å². The first-order valence-electron chi connectivity index (χ1n) is 3.91. The summed E-state index contributed by atoms with van der Waals surface area (Å²) in [5.74, 6) is -3.13. The minimum absolute atomic E-state index is 0.0387. The number of carbonyl (C=O) groups is 2. The van der Waals surface area contributed by atoms with Crippen molar-refractivity contribution in [2.75, 3.05) is 19.8 Å². The second-order valence-electron chi connectivity index (χ2n) is 2.57. The Labute approximate surface area is 79.2 Å². The van der Waals surface area contributed by atoms with Crippen LogP contribution in [-0.2, 0) is 23.8 Å². The van der Waals surface area contributed by atoms with Gasteiger partial charge in [0.1, 0.15) is 0 Å². The standard InChI is InChI=1S/C7H10O7/c8-6(9)5(7(10)11)14-4-3-12-1-2-13-4/h4-5H,1-3H2,(H,8,9)(H,10,11). The molecule has 1 aliphatic heterocycles. The number of rotatable bonds is 4. The number of carboxylic acids is 2. The summed E-state index contributed by atoms with van der Waals surface area (Å²) in [6.45, 7) is 0.693. The maximum atomic E-state index is 10.4. The lowest BCUT2D eigenvalue weighted by atomic mass is 10.3. The fourth-order valence-corrected chi connectivity index (χ4v) is 0.919. The van der Waals surface area contributed by atoms with Crippen molar-refractivity contribution < 1.29 is 34.0 Å². The molecule has 0 saturated carbocycles. The van der Waals surface area contributed by atoms with Gasteiger partial charge < -0.3 is 24.4 Å². The molecule has 0 spiro atoms. The lowest BCUT2D eigenvalue weighted by molar-refractivity contribution is -0.235. The Bertz CT molecular complexity index is 206. The van der Waals surface area contributed by atoms with Gasteiger partial charge in [0.25, 0.3) is 6.10 Å². The molecule has 14 heavy (non-hydrogen) atoms. The molecule has 0 bridgehead atoms. The van der Waals surface area contributed by atoms with Crippen LogP contribution in [0.4, 0.5) is 0 Å². The first-order valence-corrected chi connectivity index (χ1v) is 3.91. The Hall–Kier alpha value is -1.18. The number of carboxylic acid groups (broad SMARTS) is 2. The summed E-state index contributed by atoms with van der Waals surface area (Å²) in [5, 5.41) is 16.9. The zero-order valence-electron chi connectivity index (χ0n) is 7.21. The van der Waals surface area contributed by atoms with Gasteiger partial charge in [0, 0.05) is 0 Å². The van der Waals surface area contributed by atoms with E-state index in [0.717, 1.165) is 0 Å². The molecule has 2 N–H and O–H groups in total. The minimum atomic E-state index is -1.92. The van der Waals surface area contributed by atoms with Crippen LogP contribution >= 0.6 is 0 Å². The largest absolute Gasteiger partial charge is 0.479 e. The molecular formula is C7H10O7. The van der Waals surface area contributed by atoms with E-state index in [2.05, 4.69) is 4.74 Å². The number of hydrogen-bond acceptors (Lipinski definition) is 5. The fraction of sp³-hybridized carbons (Fsp3) is 0.714. The number of aliphatic carboxylic acids is 2. The Morgan fingerprint density at radius 3 is 2.36 bits per heavy atom. The van der Waals surface area contributed by atoms with Crippen molar-refractivity contribution >= 4 is 11.9 Å². The predicted octanol–water partition coefficient (Wildman–Crippen LogP) is -1.09. The van der Waals surface area contributed by atoms with Crippen molar-refractivity contribution in [2.24, 2.45) is 0 Å². The molecule has 0 aromatic rings. The molecule has 1 unspecified atom stereocenters. The predicted molar refractivity (Wildman–Crippen MR) is 40.7 cm³/mol. The van der Waals surface area contributed by atoms with Gasteiger partial charge in [-0.15, -0.1) is 0 Å². The number of hydrogen-bond donors (Lipinski definition) is 2.